The monoisotopic (exact) mass is 291 g/mol. The zero-order chi connectivity index (χ0) is 14.5. The van der Waals surface area contributed by atoms with Crippen molar-refractivity contribution in [2.45, 2.75) is 19.3 Å². The standard InChI is InChI=1S/C16H15ClFNO/c1-11-7-14(18)5-6-15(11)16(20)19-10-13-4-2-3-12(8-13)9-17/h2-8H,9-10H2,1H3,(H,19,20). The fourth-order valence-corrected chi connectivity index (χ4v) is 2.15. The molecule has 0 saturated heterocycles. The smallest absolute Gasteiger partial charge is 0.251 e. The van der Waals surface area contributed by atoms with E-state index in [0.29, 0.717) is 23.6 Å². The maximum atomic E-state index is 13.0. The first-order valence-corrected chi connectivity index (χ1v) is 6.81. The van der Waals surface area contributed by atoms with Crippen molar-refractivity contribution in [3.05, 3.63) is 70.5 Å². The van der Waals surface area contributed by atoms with Crippen LogP contribution in [0.3, 0.4) is 0 Å². The molecule has 0 aliphatic rings. The number of rotatable bonds is 4. The van der Waals surface area contributed by atoms with E-state index in [1.54, 1.807) is 6.92 Å². The summed E-state index contributed by atoms with van der Waals surface area (Å²) in [5, 5.41) is 2.82. The number of carbonyl (C=O) groups is 1. The Kier molecular flexibility index (Phi) is 4.74. The summed E-state index contributed by atoms with van der Waals surface area (Å²) in [6.45, 7) is 2.13. The molecule has 0 atom stereocenters. The van der Waals surface area contributed by atoms with Crippen LogP contribution in [-0.4, -0.2) is 5.91 Å². The maximum Gasteiger partial charge on any atom is 0.251 e. The number of nitrogens with one attached hydrogen (secondary N) is 1. The van der Waals surface area contributed by atoms with Gasteiger partial charge in [0.05, 0.1) is 0 Å². The van der Waals surface area contributed by atoms with Crippen LogP contribution in [0.1, 0.15) is 27.0 Å². The first-order valence-electron chi connectivity index (χ1n) is 6.28. The van der Waals surface area contributed by atoms with Gasteiger partial charge in [-0.25, -0.2) is 4.39 Å². The number of carbonyl (C=O) groups excluding carboxylic acids is 1. The molecule has 20 heavy (non-hydrogen) atoms. The van der Waals surface area contributed by atoms with Crippen molar-refractivity contribution in [3.63, 3.8) is 0 Å². The van der Waals surface area contributed by atoms with Crippen molar-refractivity contribution in [3.8, 4) is 0 Å². The molecule has 0 unspecified atom stereocenters. The molecule has 2 aromatic rings. The van der Waals surface area contributed by atoms with E-state index in [1.165, 1.54) is 18.2 Å². The van der Waals surface area contributed by atoms with Crippen molar-refractivity contribution in [1.29, 1.82) is 0 Å². The van der Waals surface area contributed by atoms with Gasteiger partial charge in [-0.15, -0.1) is 11.6 Å². The van der Waals surface area contributed by atoms with E-state index in [-0.39, 0.29) is 11.7 Å². The highest BCUT2D eigenvalue weighted by molar-refractivity contribution is 6.17. The second kappa shape index (κ2) is 6.53. The summed E-state index contributed by atoms with van der Waals surface area (Å²) in [7, 11) is 0. The zero-order valence-electron chi connectivity index (χ0n) is 11.1. The minimum absolute atomic E-state index is 0.209. The number of benzene rings is 2. The maximum absolute atomic E-state index is 13.0. The summed E-state index contributed by atoms with van der Waals surface area (Å²) in [5.74, 6) is -0.105. The van der Waals surface area contributed by atoms with E-state index < -0.39 is 0 Å². The molecule has 2 rings (SSSR count). The molecule has 1 N–H and O–H groups in total. The minimum atomic E-state index is -0.339. The predicted molar refractivity (Wildman–Crippen MR) is 78.3 cm³/mol. The second-order valence-electron chi connectivity index (χ2n) is 4.60. The van der Waals surface area contributed by atoms with Crippen LogP contribution in [0.2, 0.25) is 0 Å². The van der Waals surface area contributed by atoms with Crippen LogP contribution in [0.15, 0.2) is 42.5 Å². The van der Waals surface area contributed by atoms with Gasteiger partial charge in [0.15, 0.2) is 0 Å². The first-order chi connectivity index (χ1) is 9.60. The molecular formula is C16H15ClFNO. The van der Waals surface area contributed by atoms with Gasteiger partial charge in [-0.1, -0.05) is 24.3 Å². The molecule has 104 valence electrons. The predicted octanol–water partition coefficient (Wildman–Crippen LogP) is 3.80. The third-order valence-electron chi connectivity index (χ3n) is 3.03. The van der Waals surface area contributed by atoms with Crippen molar-refractivity contribution >= 4 is 17.5 Å². The first kappa shape index (κ1) is 14.5. The van der Waals surface area contributed by atoms with Crippen LogP contribution in [0.5, 0.6) is 0 Å². The zero-order valence-corrected chi connectivity index (χ0v) is 11.9. The van der Waals surface area contributed by atoms with Crippen LogP contribution in [0.25, 0.3) is 0 Å². The van der Waals surface area contributed by atoms with Gasteiger partial charge >= 0.3 is 0 Å². The molecule has 0 fully saturated rings. The van der Waals surface area contributed by atoms with Gasteiger partial charge in [-0.05, 0) is 41.8 Å². The molecule has 0 aliphatic carbocycles. The Hall–Kier alpha value is -1.87. The SMILES string of the molecule is Cc1cc(F)ccc1C(=O)NCc1cccc(CCl)c1. The normalized spacial score (nSPS) is 10.3. The van der Waals surface area contributed by atoms with Gasteiger partial charge in [0.25, 0.3) is 5.91 Å². The van der Waals surface area contributed by atoms with Gasteiger partial charge in [-0.2, -0.15) is 0 Å². The molecule has 0 aromatic heterocycles. The fourth-order valence-electron chi connectivity index (χ4n) is 1.98. The molecule has 0 bridgehead atoms. The molecular weight excluding hydrogens is 277 g/mol. The molecule has 2 aromatic carbocycles. The molecule has 0 saturated carbocycles. The Morgan fingerprint density at radius 1 is 1.20 bits per heavy atom. The summed E-state index contributed by atoms with van der Waals surface area (Å²) in [4.78, 5) is 12.0. The summed E-state index contributed by atoms with van der Waals surface area (Å²) in [6, 6.07) is 11.8. The van der Waals surface area contributed by atoms with Gasteiger partial charge in [0.1, 0.15) is 5.82 Å². The van der Waals surface area contributed by atoms with Crippen LogP contribution in [-0.2, 0) is 12.4 Å². The third kappa shape index (κ3) is 3.58. The van der Waals surface area contributed by atoms with Gasteiger partial charge in [-0.3, -0.25) is 4.79 Å². The van der Waals surface area contributed by atoms with E-state index in [2.05, 4.69) is 5.32 Å². The van der Waals surface area contributed by atoms with E-state index in [4.69, 9.17) is 11.6 Å². The molecule has 1 amide bonds. The Morgan fingerprint density at radius 3 is 2.65 bits per heavy atom. The summed E-state index contributed by atoms with van der Waals surface area (Å²) in [6.07, 6.45) is 0. The quantitative estimate of drug-likeness (QED) is 0.853. The Balaban J connectivity index is 2.04. The number of alkyl halides is 1. The summed E-state index contributed by atoms with van der Waals surface area (Å²) in [5.41, 5.74) is 3.10. The lowest BCUT2D eigenvalue weighted by Gasteiger charge is -2.08. The average Bonchev–Trinajstić information content (AvgIpc) is 2.45. The lowest BCUT2D eigenvalue weighted by Crippen LogP contribution is -2.23. The van der Waals surface area contributed by atoms with E-state index in [1.807, 2.05) is 24.3 Å². The third-order valence-corrected chi connectivity index (χ3v) is 3.34. The van der Waals surface area contributed by atoms with Gasteiger partial charge < -0.3 is 5.32 Å². The van der Waals surface area contributed by atoms with Crippen molar-refractivity contribution < 1.29 is 9.18 Å². The fraction of sp³-hybridized carbons (Fsp3) is 0.188. The lowest BCUT2D eigenvalue weighted by molar-refractivity contribution is 0.0950. The highest BCUT2D eigenvalue weighted by atomic mass is 35.5. The van der Waals surface area contributed by atoms with Crippen LogP contribution < -0.4 is 5.32 Å². The minimum Gasteiger partial charge on any atom is -0.348 e. The molecule has 2 nitrogen and oxygen atoms in total. The summed E-state index contributed by atoms with van der Waals surface area (Å²) < 4.78 is 13.0. The number of aryl methyl sites for hydroxylation is 1. The van der Waals surface area contributed by atoms with Crippen LogP contribution >= 0.6 is 11.6 Å². The van der Waals surface area contributed by atoms with Crippen LogP contribution in [0, 0.1) is 12.7 Å². The van der Waals surface area contributed by atoms with E-state index in [9.17, 15) is 9.18 Å². The molecule has 0 heterocycles. The number of hydrogen-bond acceptors (Lipinski definition) is 1. The molecule has 0 radical (unpaired) electrons. The Labute approximate surface area is 122 Å². The van der Waals surface area contributed by atoms with Crippen molar-refractivity contribution in [2.75, 3.05) is 0 Å². The van der Waals surface area contributed by atoms with Crippen LogP contribution in [0.4, 0.5) is 4.39 Å². The number of amides is 1. The van der Waals surface area contributed by atoms with Crippen molar-refractivity contribution in [2.24, 2.45) is 0 Å². The average molecular weight is 292 g/mol. The molecule has 0 spiro atoms. The van der Waals surface area contributed by atoms with Gasteiger partial charge in [0.2, 0.25) is 0 Å². The molecule has 0 aliphatic heterocycles. The van der Waals surface area contributed by atoms with Gasteiger partial charge in [0, 0.05) is 18.0 Å². The highest BCUT2D eigenvalue weighted by Crippen LogP contribution is 2.11. The Bertz CT molecular complexity index is 628. The highest BCUT2D eigenvalue weighted by Gasteiger charge is 2.09. The number of hydrogen-bond donors (Lipinski definition) is 1. The van der Waals surface area contributed by atoms with E-state index >= 15 is 0 Å². The molecule has 4 heteroatoms. The largest absolute Gasteiger partial charge is 0.348 e. The topological polar surface area (TPSA) is 29.1 Å². The lowest BCUT2D eigenvalue weighted by atomic mass is 10.1. The van der Waals surface area contributed by atoms with E-state index in [0.717, 1.165) is 11.1 Å². The number of halogens is 2. The van der Waals surface area contributed by atoms with Crippen molar-refractivity contribution in [1.82, 2.24) is 5.32 Å². The summed E-state index contributed by atoms with van der Waals surface area (Å²) >= 11 is 5.77. The Morgan fingerprint density at radius 2 is 1.95 bits per heavy atom. The second-order valence-corrected chi connectivity index (χ2v) is 4.86.